The van der Waals surface area contributed by atoms with E-state index >= 15 is 0 Å². The van der Waals surface area contributed by atoms with E-state index in [0.717, 1.165) is 31.5 Å². The van der Waals surface area contributed by atoms with Crippen LogP contribution >= 0.6 is 0 Å². The van der Waals surface area contributed by atoms with E-state index in [2.05, 4.69) is 10.3 Å². The zero-order valence-electron chi connectivity index (χ0n) is 20.5. The molecular weight excluding hydrogens is 470 g/mol. The lowest BCUT2D eigenvalue weighted by Crippen LogP contribution is -2.30. The number of para-hydroxylation sites is 1. The standard InChI is InChI=1S/C29H27N3O5/c1-19(27(33)30-21-12-14-23(15-13-21)37-22-8-4-2-5-9-22)36-29(35)20-11-16-24-25(18-20)31-26-10-6-3-7-17-32(26)28(24)34/h2,4-5,8-9,11-16,18-19H,3,6-7,10,17H2,1H3,(H,30,33). The summed E-state index contributed by atoms with van der Waals surface area (Å²) in [5.74, 6) is 0.962. The molecule has 5 rings (SSSR count). The minimum atomic E-state index is -1.03. The molecule has 1 aliphatic heterocycles. The quantitative estimate of drug-likeness (QED) is 0.372. The number of esters is 1. The Hall–Kier alpha value is -4.46. The number of ether oxygens (including phenoxy) is 2. The number of fused-ring (bicyclic) bond motifs is 2. The number of hydrogen-bond acceptors (Lipinski definition) is 6. The first-order chi connectivity index (χ1) is 18.0. The lowest BCUT2D eigenvalue weighted by molar-refractivity contribution is -0.123. The Labute approximate surface area is 213 Å². The van der Waals surface area contributed by atoms with Crippen LogP contribution in [0.4, 0.5) is 5.69 Å². The maximum absolute atomic E-state index is 12.9. The molecule has 188 valence electrons. The minimum Gasteiger partial charge on any atom is -0.457 e. The summed E-state index contributed by atoms with van der Waals surface area (Å²) in [6.45, 7) is 2.17. The topological polar surface area (TPSA) is 99.5 Å². The summed E-state index contributed by atoms with van der Waals surface area (Å²) in [5.41, 5.74) is 1.15. The molecular formula is C29H27N3O5. The number of carbonyl (C=O) groups excluding carboxylic acids is 2. The second-order valence-corrected chi connectivity index (χ2v) is 9.00. The molecule has 3 aromatic carbocycles. The SMILES string of the molecule is CC(OC(=O)c1ccc2c(=O)n3c(nc2c1)CCCCC3)C(=O)Nc1ccc(Oc2ccccc2)cc1. The van der Waals surface area contributed by atoms with Crippen LogP contribution in [0.5, 0.6) is 11.5 Å². The van der Waals surface area contributed by atoms with Crippen LogP contribution in [0.2, 0.25) is 0 Å². The third kappa shape index (κ3) is 5.53. The van der Waals surface area contributed by atoms with E-state index in [0.29, 0.717) is 34.6 Å². The molecule has 1 unspecified atom stereocenters. The molecule has 1 aromatic heterocycles. The fourth-order valence-electron chi connectivity index (χ4n) is 4.30. The highest BCUT2D eigenvalue weighted by molar-refractivity contribution is 5.98. The summed E-state index contributed by atoms with van der Waals surface area (Å²) in [7, 11) is 0. The van der Waals surface area contributed by atoms with Gasteiger partial charge in [-0.1, -0.05) is 24.6 Å². The average Bonchev–Trinajstić information content (AvgIpc) is 3.16. The fraction of sp³-hybridized carbons (Fsp3) is 0.241. The Balaban J connectivity index is 1.23. The zero-order valence-corrected chi connectivity index (χ0v) is 20.5. The lowest BCUT2D eigenvalue weighted by atomic mass is 10.1. The van der Waals surface area contributed by atoms with Crippen molar-refractivity contribution in [3.8, 4) is 11.5 Å². The van der Waals surface area contributed by atoms with Crippen molar-refractivity contribution in [2.45, 2.75) is 45.3 Å². The van der Waals surface area contributed by atoms with Gasteiger partial charge in [-0.2, -0.15) is 0 Å². The van der Waals surface area contributed by atoms with Gasteiger partial charge in [0, 0.05) is 18.7 Å². The van der Waals surface area contributed by atoms with Gasteiger partial charge >= 0.3 is 5.97 Å². The van der Waals surface area contributed by atoms with E-state index in [4.69, 9.17) is 9.47 Å². The van der Waals surface area contributed by atoms with Crippen LogP contribution < -0.4 is 15.6 Å². The van der Waals surface area contributed by atoms with Gasteiger partial charge in [0.2, 0.25) is 0 Å². The van der Waals surface area contributed by atoms with Crippen LogP contribution in [-0.2, 0) is 22.5 Å². The Morgan fingerprint density at radius 2 is 1.70 bits per heavy atom. The number of anilines is 1. The van der Waals surface area contributed by atoms with Crippen LogP contribution in [0, 0.1) is 0 Å². The molecule has 0 bridgehead atoms. The molecule has 0 saturated carbocycles. The molecule has 0 fully saturated rings. The Bertz CT molecular complexity index is 1500. The van der Waals surface area contributed by atoms with E-state index in [1.807, 2.05) is 30.3 Å². The number of aryl methyl sites for hydroxylation is 1. The van der Waals surface area contributed by atoms with Crippen molar-refractivity contribution in [3.63, 3.8) is 0 Å². The predicted molar refractivity (Wildman–Crippen MR) is 140 cm³/mol. The number of carbonyl (C=O) groups is 2. The Kier molecular flexibility index (Phi) is 6.98. The van der Waals surface area contributed by atoms with Gasteiger partial charge in [0.1, 0.15) is 17.3 Å². The van der Waals surface area contributed by atoms with E-state index < -0.39 is 18.0 Å². The van der Waals surface area contributed by atoms with Crippen LogP contribution in [0.15, 0.2) is 77.6 Å². The average molecular weight is 498 g/mol. The Morgan fingerprint density at radius 3 is 2.49 bits per heavy atom. The summed E-state index contributed by atoms with van der Waals surface area (Å²) >= 11 is 0. The molecule has 4 aromatic rings. The maximum atomic E-state index is 12.9. The van der Waals surface area contributed by atoms with E-state index in [-0.39, 0.29) is 11.1 Å². The number of rotatable bonds is 6. The van der Waals surface area contributed by atoms with Gasteiger partial charge in [-0.15, -0.1) is 0 Å². The summed E-state index contributed by atoms with van der Waals surface area (Å²) in [5, 5.41) is 3.20. The van der Waals surface area contributed by atoms with E-state index in [9.17, 15) is 14.4 Å². The Morgan fingerprint density at radius 1 is 0.946 bits per heavy atom. The molecule has 1 amide bonds. The number of benzene rings is 3. The smallest absolute Gasteiger partial charge is 0.338 e. The first-order valence-electron chi connectivity index (χ1n) is 12.4. The highest BCUT2D eigenvalue weighted by Crippen LogP contribution is 2.23. The second kappa shape index (κ2) is 10.7. The summed E-state index contributed by atoms with van der Waals surface area (Å²) in [4.78, 5) is 43.0. The first kappa shape index (κ1) is 24.2. The van der Waals surface area contributed by atoms with Crippen LogP contribution in [0.25, 0.3) is 10.9 Å². The van der Waals surface area contributed by atoms with E-state index in [1.165, 1.54) is 13.0 Å². The fourth-order valence-corrected chi connectivity index (χ4v) is 4.30. The van der Waals surface area contributed by atoms with Crippen molar-refractivity contribution in [2.75, 3.05) is 5.32 Å². The largest absolute Gasteiger partial charge is 0.457 e. The molecule has 8 heteroatoms. The monoisotopic (exact) mass is 497 g/mol. The van der Waals surface area contributed by atoms with Crippen LogP contribution in [0.3, 0.4) is 0 Å². The molecule has 1 atom stereocenters. The third-order valence-corrected chi connectivity index (χ3v) is 6.31. The normalized spacial score (nSPS) is 13.8. The van der Waals surface area contributed by atoms with Crippen LogP contribution in [0.1, 0.15) is 42.4 Å². The zero-order chi connectivity index (χ0) is 25.8. The number of aromatic nitrogens is 2. The van der Waals surface area contributed by atoms with E-state index in [1.54, 1.807) is 41.0 Å². The summed E-state index contributed by atoms with van der Waals surface area (Å²) in [6, 6.07) is 21.0. The summed E-state index contributed by atoms with van der Waals surface area (Å²) in [6.07, 6.45) is 2.69. The third-order valence-electron chi connectivity index (χ3n) is 6.31. The second-order valence-electron chi connectivity index (χ2n) is 9.00. The molecule has 2 heterocycles. The van der Waals surface area contributed by atoms with Gasteiger partial charge in [0.25, 0.3) is 11.5 Å². The minimum absolute atomic E-state index is 0.0882. The van der Waals surface area contributed by atoms with Gasteiger partial charge in [0.15, 0.2) is 6.10 Å². The number of amides is 1. The van der Waals surface area contributed by atoms with Crippen molar-refractivity contribution < 1.29 is 19.1 Å². The summed E-state index contributed by atoms with van der Waals surface area (Å²) < 4.78 is 12.9. The van der Waals surface area contributed by atoms with Gasteiger partial charge in [-0.05, 0) is 74.4 Å². The molecule has 37 heavy (non-hydrogen) atoms. The predicted octanol–water partition coefficient (Wildman–Crippen LogP) is 5.10. The number of nitrogens with zero attached hydrogens (tertiary/aromatic N) is 2. The highest BCUT2D eigenvalue weighted by atomic mass is 16.5. The van der Waals surface area contributed by atoms with Crippen molar-refractivity contribution in [1.82, 2.24) is 9.55 Å². The van der Waals surface area contributed by atoms with Crippen molar-refractivity contribution in [3.05, 3.63) is 94.5 Å². The van der Waals surface area contributed by atoms with Gasteiger partial charge in [0.05, 0.1) is 16.5 Å². The van der Waals surface area contributed by atoms with Gasteiger partial charge in [-0.25, -0.2) is 9.78 Å². The number of nitrogens with one attached hydrogen (secondary N) is 1. The molecule has 0 spiro atoms. The van der Waals surface area contributed by atoms with Crippen molar-refractivity contribution in [2.24, 2.45) is 0 Å². The molecule has 0 radical (unpaired) electrons. The number of hydrogen-bond donors (Lipinski definition) is 1. The molecule has 1 aliphatic rings. The molecule has 0 aliphatic carbocycles. The van der Waals surface area contributed by atoms with Gasteiger partial charge in [-0.3, -0.25) is 14.2 Å². The lowest BCUT2D eigenvalue weighted by Gasteiger charge is -2.14. The highest BCUT2D eigenvalue weighted by Gasteiger charge is 2.21. The van der Waals surface area contributed by atoms with Gasteiger partial charge < -0.3 is 14.8 Å². The molecule has 8 nitrogen and oxygen atoms in total. The molecule has 0 saturated heterocycles. The molecule has 1 N–H and O–H groups in total. The van der Waals surface area contributed by atoms with Crippen molar-refractivity contribution >= 4 is 28.5 Å². The van der Waals surface area contributed by atoms with Crippen LogP contribution in [-0.4, -0.2) is 27.5 Å². The first-order valence-corrected chi connectivity index (χ1v) is 12.4. The maximum Gasteiger partial charge on any atom is 0.338 e. The van der Waals surface area contributed by atoms with Crippen molar-refractivity contribution in [1.29, 1.82) is 0 Å².